The van der Waals surface area contributed by atoms with Crippen molar-refractivity contribution in [3.05, 3.63) is 29.8 Å². The summed E-state index contributed by atoms with van der Waals surface area (Å²) < 4.78 is 0. The summed E-state index contributed by atoms with van der Waals surface area (Å²) in [5.74, 6) is -1.26. The Labute approximate surface area is 122 Å². The summed E-state index contributed by atoms with van der Waals surface area (Å²) in [5, 5.41) is 11.7. The predicted molar refractivity (Wildman–Crippen MR) is 77.8 cm³/mol. The van der Waals surface area contributed by atoms with Gasteiger partial charge in [-0.05, 0) is 30.4 Å². The molecule has 1 fully saturated rings. The minimum absolute atomic E-state index is 0.192. The summed E-state index contributed by atoms with van der Waals surface area (Å²) in [6.07, 6.45) is 2.55. The molecular formula is C14H18N2O3S. The molecule has 0 aliphatic carbocycles. The zero-order valence-electron chi connectivity index (χ0n) is 11.3. The average Bonchev–Trinajstić information content (AvgIpc) is 2.95. The summed E-state index contributed by atoms with van der Waals surface area (Å²) >= 11 is 1.67. The maximum absolute atomic E-state index is 11.9. The lowest BCUT2D eigenvalue weighted by Gasteiger charge is -2.16. The number of nitrogens with one attached hydrogen (secondary N) is 1. The number of carboxylic acids is 1. The molecule has 1 aliphatic rings. The van der Waals surface area contributed by atoms with E-state index >= 15 is 0 Å². The maximum Gasteiger partial charge on any atom is 0.317 e. The monoisotopic (exact) mass is 294 g/mol. The van der Waals surface area contributed by atoms with E-state index in [1.54, 1.807) is 16.7 Å². The largest absolute Gasteiger partial charge is 0.481 e. The molecule has 1 aliphatic heterocycles. The first-order valence-electron chi connectivity index (χ1n) is 6.48. The van der Waals surface area contributed by atoms with Crippen LogP contribution in [0.15, 0.2) is 29.2 Å². The van der Waals surface area contributed by atoms with Gasteiger partial charge in [-0.25, -0.2) is 4.79 Å². The summed E-state index contributed by atoms with van der Waals surface area (Å²) in [7, 11) is 0. The third kappa shape index (κ3) is 3.66. The molecule has 20 heavy (non-hydrogen) atoms. The fourth-order valence-corrected chi connectivity index (χ4v) is 2.59. The molecule has 6 heteroatoms. The second kappa shape index (κ2) is 6.65. The number of carboxylic acid groups (broad SMARTS) is 1. The van der Waals surface area contributed by atoms with Crippen LogP contribution in [0.4, 0.5) is 4.79 Å². The number of rotatable bonds is 4. The maximum atomic E-state index is 11.9. The van der Waals surface area contributed by atoms with Crippen LogP contribution >= 0.6 is 11.8 Å². The van der Waals surface area contributed by atoms with Crippen molar-refractivity contribution >= 4 is 23.8 Å². The van der Waals surface area contributed by atoms with Crippen molar-refractivity contribution < 1.29 is 14.7 Å². The SMILES string of the molecule is CSc1ccc(CNC(=O)N2CCC(C(=O)O)C2)cc1. The third-order valence-corrected chi connectivity index (χ3v) is 4.17. The fraction of sp³-hybridized carbons (Fsp3) is 0.429. The number of benzene rings is 1. The molecule has 0 radical (unpaired) electrons. The number of hydrogen-bond donors (Lipinski definition) is 2. The van der Waals surface area contributed by atoms with Gasteiger partial charge in [0.25, 0.3) is 0 Å². The Morgan fingerprint density at radius 3 is 2.65 bits per heavy atom. The van der Waals surface area contributed by atoms with Crippen LogP contribution in [0.5, 0.6) is 0 Å². The Morgan fingerprint density at radius 1 is 1.40 bits per heavy atom. The van der Waals surface area contributed by atoms with E-state index in [-0.39, 0.29) is 6.03 Å². The molecule has 2 N–H and O–H groups in total. The molecule has 108 valence electrons. The van der Waals surface area contributed by atoms with Gasteiger partial charge in [0, 0.05) is 24.5 Å². The van der Waals surface area contributed by atoms with Crippen LogP contribution in [-0.4, -0.2) is 41.4 Å². The molecule has 0 spiro atoms. The molecule has 1 unspecified atom stereocenters. The topological polar surface area (TPSA) is 69.6 Å². The predicted octanol–water partition coefficient (Wildman–Crippen LogP) is 2.02. The highest BCUT2D eigenvalue weighted by atomic mass is 32.2. The number of urea groups is 1. The van der Waals surface area contributed by atoms with Crippen LogP contribution in [0.1, 0.15) is 12.0 Å². The van der Waals surface area contributed by atoms with Gasteiger partial charge in [-0.15, -0.1) is 11.8 Å². The molecule has 1 heterocycles. The van der Waals surface area contributed by atoms with Crippen molar-refractivity contribution in [2.45, 2.75) is 17.9 Å². The molecule has 2 rings (SSSR count). The standard InChI is InChI=1S/C14H18N2O3S/c1-20-12-4-2-10(3-5-12)8-15-14(19)16-7-6-11(9-16)13(17)18/h2-5,11H,6-9H2,1H3,(H,15,19)(H,17,18). The lowest BCUT2D eigenvalue weighted by molar-refractivity contribution is -0.141. The fourth-order valence-electron chi connectivity index (χ4n) is 2.18. The minimum Gasteiger partial charge on any atom is -0.481 e. The normalized spacial score (nSPS) is 18.1. The van der Waals surface area contributed by atoms with Crippen molar-refractivity contribution in [2.75, 3.05) is 19.3 Å². The molecule has 1 saturated heterocycles. The Bertz CT molecular complexity index is 490. The van der Waals surface area contributed by atoms with Crippen LogP contribution in [-0.2, 0) is 11.3 Å². The van der Waals surface area contributed by atoms with Gasteiger partial charge >= 0.3 is 12.0 Å². The number of aliphatic carboxylic acids is 1. The van der Waals surface area contributed by atoms with Gasteiger partial charge in [0.1, 0.15) is 0 Å². The van der Waals surface area contributed by atoms with E-state index in [0.29, 0.717) is 26.1 Å². The van der Waals surface area contributed by atoms with Gasteiger partial charge in [-0.3, -0.25) is 4.79 Å². The number of amides is 2. The van der Waals surface area contributed by atoms with Gasteiger partial charge in [-0.2, -0.15) is 0 Å². The van der Waals surface area contributed by atoms with E-state index in [2.05, 4.69) is 5.32 Å². The Balaban J connectivity index is 1.81. The van der Waals surface area contributed by atoms with E-state index in [1.165, 1.54) is 4.90 Å². The Morgan fingerprint density at radius 2 is 2.10 bits per heavy atom. The molecular weight excluding hydrogens is 276 g/mol. The number of carbonyl (C=O) groups excluding carboxylic acids is 1. The van der Waals surface area contributed by atoms with E-state index in [1.807, 2.05) is 30.5 Å². The van der Waals surface area contributed by atoms with Gasteiger partial charge in [0.05, 0.1) is 5.92 Å². The van der Waals surface area contributed by atoms with Crippen molar-refractivity contribution in [1.29, 1.82) is 0 Å². The Kier molecular flexibility index (Phi) is 4.89. The van der Waals surface area contributed by atoms with Crippen LogP contribution in [0.25, 0.3) is 0 Å². The van der Waals surface area contributed by atoms with Crippen LogP contribution in [0.3, 0.4) is 0 Å². The summed E-state index contributed by atoms with van der Waals surface area (Å²) in [4.78, 5) is 25.5. The molecule has 0 saturated carbocycles. The first-order chi connectivity index (χ1) is 9.60. The zero-order chi connectivity index (χ0) is 14.5. The average molecular weight is 294 g/mol. The van der Waals surface area contributed by atoms with Crippen molar-refractivity contribution in [2.24, 2.45) is 5.92 Å². The van der Waals surface area contributed by atoms with Crippen molar-refractivity contribution in [1.82, 2.24) is 10.2 Å². The molecule has 2 amide bonds. The first-order valence-corrected chi connectivity index (χ1v) is 7.71. The number of carbonyl (C=O) groups is 2. The molecule has 0 bridgehead atoms. The molecule has 1 aromatic carbocycles. The van der Waals surface area contributed by atoms with E-state index < -0.39 is 11.9 Å². The van der Waals surface area contributed by atoms with Crippen LogP contribution in [0, 0.1) is 5.92 Å². The van der Waals surface area contributed by atoms with Gasteiger partial charge in [-0.1, -0.05) is 12.1 Å². The highest BCUT2D eigenvalue weighted by molar-refractivity contribution is 7.98. The summed E-state index contributed by atoms with van der Waals surface area (Å²) in [6, 6.07) is 7.81. The molecule has 1 atom stereocenters. The summed E-state index contributed by atoms with van der Waals surface area (Å²) in [6.45, 7) is 1.27. The smallest absolute Gasteiger partial charge is 0.317 e. The van der Waals surface area contributed by atoms with Gasteiger partial charge in [0.2, 0.25) is 0 Å². The number of nitrogens with zero attached hydrogens (tertiary/aromatic N) is 1. The quantitative estimate of drug-likeness (QED) is 0.834. The number of thioether (sulfide) groups is 1. The van der Waals surface area contributed by atoms with Gasteiger partial charge in [0.15, 0.2) is 0 Å². The minimum atomic E-state index is -0.826. The van der Waals surface area contributed by atoms with E-state index in [4.69, 9.17) is 5.11 Å². The van der Waals surface area contributed by atoms with E-state index in [0.717, 1.165) is 5.56 Å². The Hall–Kier alpha value is -1.69. The zero-order valence-corrected chi connectivity index (χ0v) is 12.2. The molecule has 1 aromatic rings. The second-order valence-corrected chi connectivity index (χ2v) is 5.66. The highest BCUT2D eigenvalue weighted by Gasteiger charge is 2.30. The summed E-state index contributed by atoms with van der Waals surface area (Å²) in [5.41, 5.74) is 1.03. The lowest BCUT2D eigenvalue weighted by Crippen LogP contribution is -2.38. The lowest BCUT2D eigenvalue weighted by atomic mass is 10.1. The number of hydrogen-bond acceptors (Lipinski definition) is 3. The molecule has 5 nitrogen and oxygen atoms in total. The second-order valence-electron chi connectivity index (χ2n) is 4.78. The molecule has 0 aromatic heterocycles. The van der Waals surface area contributed by atoms with E-state index in [9.17, 15) is 9.59 Å². The van der Waals surface area contributed by atoms with Crippen molar-refractivity contribution in [3.8, 4) is 0 Å². The van der Waals surface area contributed by atoms with Crippen LogP contribution < -0.4 is 5.32 Å². The van der Waals surface area contributed by atoms with Crippen molar-refractivity contribution in [3.63, 3.8) is 0 Å². The number of likely N-dealkylation sites (tertiary alicyclic amines) is 1. The van der Waals surface area contributed by atoms with Crippen LogP contribution in [0.2, 0.25) is 0 Å². The van der Waals surface area contributed by atoms with Gasteiger partial charge < -0.3 is 15.3 Å². The first kappa shape index (κ1) is 14.7. The third-order valence-electron chi connectivity index (χ3n) is 3.43. The highest BCUT2D eigenvalue weighted by Crippen LogP contribution is 2.17.